The van der Waals surface area contributed by atoms with Gasteiger partial charge in [-0.05, 0) is 24.4 Å². The molecule has 2 rings (SSSR count). The van der Waals surface area contributed by atoms with Gasteiger partial charge in [-0.2, -0.15) is 0 Å². The van der Waals surface area contributed by atoms with Crippen LogP contribution in [0.25, 0.3) is 0 Å². The number of thiocarbonyl (C=S) groups is 1. The molecule has 1 aliphatic rings. The predicted molar refractivity (Wildman–Crippen MR) is 83.0 cm³/mol. The van der Waals surface area contributed by atoms with Crippen LogP contribution in [0, 0.1) is 12.3 Å². The standard InChI is InChI=1S/C13H13N3S2/c1-2-8-14-13-16(9-10-18-13)12(17)15-11-6-4-3-5-7-11/h1,3-7H,8-10H2,(H,15,17). The average molecular weight is 275 g/mol. The molecule has 0 unspecified atom stereocenters. The van der Waals surface area contributed by atoms with E-state index in [0.29, 0.717) is 11.7 Å². The van der Waals surface area contributed by atoms with Gasteiger partial charge in [0.1, 0.15) is 6.54 Å². The molecular weight excluding hydrogens is 262 g/mol. The molecule has 0 aromatic heterocycles. The molecule has 3 nitrogen and oxygen atoms in total. The predicted octanol–water partition coefficient (Wildman–Crippen LogP) is 2.42. The minimum absolute atomic E-state index is 0.396. The molecular formula is C13H13N3S2. The Hall–Kier alpha value is -1.51. The van der Waals surface area contributed by atoms with Crippen LogP contribution in [0.3, 0.4) is 0 Å². The summed E-state index contributed by atoms with van der Waals surface area (Å²) in [5.74, 6) is 3.50. The molecule has 1 aromatic carbocycles. The molecule has 5 heteroatoms. The number of nitrogens with zero attached hydrogens (tertiary/aromatic N) is 2. The number of anilines is 1. The lowest BCUT2D eigenvalue weighted by Crippen LogP contribution is -2.35. The van der Waals surface area contributed by atoms with E-state index in [2.05, 4.69) is 16.2 Å². The van der Waals surface area contributed by atoms with Gasteiger partial charge >= 0.3 is 0 Å². The quantitative estimate of drug-likeness (QED) is 0.662. The van der Waals surface area contributed by atoms with Crippen molar-refractivity contribution in [2.45, 2.75) is 0 Å². The molecule has 18 heavy (non-hydrogen) atoms. The number of terminal acetylenes is 1. The first-order valence-electron chi connectivity index (χ1n) is 5.55. The highest BCUT2D eigenvalue weighted by molar-refractivity contribution is 8.14. The van der Waals surface area contributed by atoms with Crippen molar-refractivity contribution >= 4 is 39.9 Å². The molecule has 1 N–H and O–H groups in total. The smallest absolute Gasteiger partial charge is 0.179 e. The first-order chi connectivity index (χ1) is 8.81. The maximum absolute atomic E-state index is 5.39. The highest BCUT2D eigenvalue weighted by Gasteiger charge is 2.22. The highest BCUT2D eigenvalue weighted by Crippen LogP contribution is 2.19. The van der Waals surface area contributed by atoms with E-state index in [9.17, 15) is 0 Å². The van der Waals surface area contributed by atoms with Gasteiger partial charge in [0.05, 0.1) is 0 Å². The zero-order valence-corrected chi connectivity index (χ0v) is 11.4. The molecule has 0 saturated carbocycles. The lowest BCUT2D eigenvalue weighted by molar-refractivity contribution is 0.685. The van der Waals surface area contributed by atoms with Gasteiger partial charge in [0.2, 0.25) is 0 Å². The first kappa shape index (κ1) is 12.9. The van der Waals surface area contributed by atoms with Gasteiger partial charge in [-0.1, -0.05) is 35.9 Å². The van der Waals surface area contributed by atoms with E-state index in [1.165, 1.54) is 0 Å². The van der Waals surface area contributed by atoms with Crippen LogP contribution in [0.15, 0.2) is 35.3 Å². The van der Waals surface area contributed by atoms with E-state index >= 15 is 0 Å². The van der Waals surface area contributed by atoms with Crippen LogP contribution in [-0.2, 0) is 0 Å². The third kappa shape index (κ3) is 3.25. The van der Waals surface area contributed by atoms with Crippen LogP contribution in [0.5, 0.6) is 0 Å². The third-order valence-electron chi connectivity index (χ3n) is 2.35. The number of amidine groups is 1. The van der Waals surface area contributed by atoms with E-state index in [0.717, 1.165) is 23.2 Å². The van der Waals surface area contributed by atoms with Crippen molar-refractivity contribution < 1.29 is 0 Å². The van der Waals surface area contributed by atoms with Crippen LogP contribution in [0.1, 0.15) is 0 Å². The van der Waals surface area contributed by atoms with Gasteiger partial charge in [-0.3, -0.25) is 4.90 Å². The molecule has 0 radical (unpaired) electrons. The second-order valence-corrected chi connectivity index (χ2v) is 5.05. The van der Waals surface area contributed by atoms with E-state index < -0.39 is 0 Å². The Morgan fingerprint density at radius 3 is 3.00 bits per heavy atom. The van der Waals surface area contributed by atoms with E-state index in [4.69, 9.17) is 18.6 Å². The molecule has 92 valence electrons. The second kappa shape index (κ2) is 6.43. The summed E-state index contributed by atoms with van der Waals surface area (Å²) in [6.07, 6.45) is 5.22. The first-order valence-corrected chi connectivity index (χ1v) is 6.95. The van der Waals surface area contributed by atoms with Crippen molar-refractivity contribution in [1.29, 1.82) is 0 Å². The maximum atomic E-state index is 5.39. The minimum atomic E-state index is 0.396. The van der Waals surface area contributed by atoms with Crippen molar-refractivity contribution in [2.24, 2.45) is 4.99 Å². The van der Waals surface area contributed by atoms with Crippen LogP contribution >= 0.6 is 24.0 Å². The van der Waals surface area contributed by atoms with Crippen LogP contribution in [-0.4, -0.2) is 34.0 Å². The Labute approximate surface area is 117 Å². The zero-order chi connectivity index (χ0) is 12.8. The summed E-state index contributed by atoms with van der Waals surface area (Å²) in [5.41, 5.74) is 0.982. The Morgan fingerprint density at radius 1 is 1.50 bits per heavy atom. The number of hydrogen-bond donors (Lipinski definition) is 1. The Bertz CT molecular complexity index is 491. The summed E-state index contributed by atoms with van der Waals surface area (Å²) in [6.45, 7) is 1.26. The molecule has 1 aliphatic heterocycles. The summed E-state index contributed by atoms with van der Waals surface area (Å²) < 4.78 is 0. The summed E-state index contributed by atoms with van der Waals surface area (Å²) in [7, 11) is 0. The van der Waals surface area contributed by atoms with Crippen molar-refractivity contribution in [3.63, 3.8) is 0 Å². The molecule has 1 fully saturated rings. The summed E-state index contributed by atoms with van der Waals surface area (Å²) in [4.78, 5) is 6.32. The van der Waals surface area contributed by atoms with Gasteiger partial charge in [0.25, 0.3) is 0 Å². The van der Waals surface area contributed by atoms with Gasteiger partial charge in [-0.25, -0.2) is 4.99 Å². The van der Waals surface area contributed by atoms with Gasteiger partial charge in [0, 0.05) is 18.0 Å². The molecule has 0 spiro atoms. The number of aliphatic imine (C=N–C) groups is 1. The van der Waals surface area contributed by atoms with Crippen LogP contribution < -0.4 is 5.32 Å². The molecule has 0 aliphatic carbocycles. The number of thioether (sulfide) groups is 1. The van der Waals surface area contributed by atoms with Gasteiger partial charge in [-0.15, -0.1) is 6.42 Å². The summed E-state index contributed by atoms with van der Waals surface area (Å²) >= 11 is 7.07. The number of nitrogens with one attached hydrogen (secondary N) is 1. The molecule has 1 heterocycles. The second-order valence-electron chi connectivity index (χ2n) is 3.60. The SMILES string of the molecule is C#CCN=C1SCCN1C(=S)Nc1ccccc1. The maximum Gasteiger partial charge on any atom is 0.179 e. The van der Waals surface area contributed by atoms with Crippen molar-refractivity contribution in [3.8, 4) is 12.3 Å². The monoisotopic (exact) mass is 275 g/mol. The van der Waals surface area contributed by atoms with Gasteiger partial charge in [0.15, 0.2) is 10.3 Å². The Morgan fingerprint density at radius 2 is 2.28 bits per heavy atom. The third-order valence-corrected chi connectivity index (χ3v) is 3.67. The topological polar surface area (TPSA) is 27.6 Å². The Kier molecular flexibility index (Phi) is 4.62. The normalized spacial score (nSPS) is 16.6. The van der Waals surface area contributed by atoms with E-state index in [1.807, 2.05) is 35.2 Å². The van der Waals surface area contributed by atoms with E-state index in [-0.39, 0.29) is 0 Å². The van der Waals surface area contributed by atoms with Crippen LogP contribution in [0.2, 0.25) is 0 Å². The molecule has 0 atom stereocenters. The molecule has 0 bridgehead atoms. The average Bonchev–Trinajstić information content (AvgIpc) is 2.86. The summed E-state index contributed by atoms with van der Waals surface area (Å²) in [6, 6.07) is 9.87. The fourth-order valence-electron chi connectivity index (χ4n) is 1.55. The Balaban J connectivity index is 2.03. The fraction of sp³-hybridized carbons (Fsp3) is 0.231. The lowest BCUT2D eigenvalue weighted by atomic mass is 10.3. The zero-order valence-electron chi connectivity index (χ0n) is 9.80. The number of benzene rings is 1. The lowest BCUT2D eigenvalue weighted by Gasteiger charge is -2.19. The fourth-order valence-corrected chi connectivity index (χ4v) is 2.85. The molecule has 1 aromatic rings. The number of rotatable bonds is 2. The highest BCUT2D eigenvalue weighted by atomic mass is 32.2. The molecule has 0 amide bonds. The van der Waals surface area contributed by atoms with Crippen molar-refractivity contribution in [2.75, 3.05) is 24.2 Å². The van der Waals surface area contributed by atoms with E-state index in [1.54, 1.807) is 11.8 Å². The van der Waals surface area contributed by atoms with Crippen molar-refractivity contribution in [1.82, 2.24) is 4.90 Å². The summed E-state index contributed by atoms with van der Waals surface area (Å²) in [5, 5.41) is 4.77. The largest absolute Gasteiger partial charge is 0.332 e. The van der Waals surface area contributed by atoms with Crippen LogP contribution in [0.4, 0.5) is 5.69 Å². The minimum Gasteiger partial charge on any atom is -0.332 e. The molecule has 1 saturated heterocycles. The van der Waals surface area contributed by atoms with Gasteiger partial charge < -0.3 is 5.32 Å². The van der Waals surface area contributed by atoms with Crippen molar-refractivity contribution in [3.05, 3.63) is 30.3 Å². The number of hydrogen-bond acceptors (Lipinski definition) is 3. The number of para-hydroxylation sites is 1.